The average Bonchev–Trinajstić information content (AvgIpc) is 2.89. The van der Waals surface area contributed by atoms with Gasteiger partial charge in [0.1, 0.15) is 0 Å². The van der Waals surface area contributed by atoms with Crippen molar-refractivity contribution in [3.8, 4) is 0 Å². The first-order chi connectivity index (χ1) is 18.2. The summed E-state index contributed by atoms with van der Waals surface area (Å²) in [4.78, 5) is 23.9. The largest absolute Gasteiger partial charge is 0.356 e. The summed E-state index contributed by atoms with van der Waals surface area (Å²) in [6.07, 6.45) is 33.7. The highest BCUT2D eigenvalue weighted by Gasteiger charge is 2.03. The van der Waals surface area contributed by atoms with Gasteiger partial charge in [-0.25, -0.2) is 0 Å². The van der Waals surface area contributed by atoms with Crippen LogP contribution in [0.3, 0.4) is 0 Å². The molecule has 0 aliphatic carbocycles. The second-order valence-corrected chi connectivity index (χ2v) is 11.3. The van der Waals surface area contributed by atoms with Gasteiger partial charge in [-0.05, 0) is 19.3 Å². The number of hydrogen-bond acceptors (Lipinski definition) is 2. The minimum absolute atomic E-state index is 0.162. The molecule has 0 rings (SSSR count). The molecule has 0 aliphatic heterocycles. The summed E-state index contributed by atoms with van der Waals surface area (Å²) < 4.78 is 0. The molecule has 0 saturated heterocycles. The number of rotatable bonds is 30. The van der Waals surface area contributed by atoms with Crippen molar-refractivity contribution in [1.29, 1.82) is 0 Å². The molecular weight excluding hydrogens is 456 g/mol. The van der Waals surface area contributed by atoms with E-state index < -0.39 is 0 Å². The maximum Gasteiger partial charge on any atom is 0.219 e. The van der Waals surface area contributed by atoms with Crippen LogP contribution in [0.5, 0.6) is 0 Å². The van der Waals surface area contributed by atoms with Crippen LogP contribution in [0.1, 0.15) is 187 Å². The Kier molecular flexibility index (Phi) is 30.3. The molecule has 0 unspecified atom stereocenters. The maximum atomic E-state index is 12.0. The maximum absolute atomic E-state index is 12.0. The Hall–Kier alpha value is -1.06. The first kappa shape index (κ1) is 35.9. The lowest BCUT2D eigenvalue weighted by molar-refractivity contribution is -0.121. The molecule has 0 aromatic heterocycles. The predicted molar refractivity (Wildman–Crippen MR) is 162 cm³/mol. The lowest BCUT2D eigenvalue weighted by Gasteiger charge is -2.07. The molecule has 0 atom stereocenters. The number of carbonyl (C=O) groups is 2. The molecule has 4 nitrogen and oxygen atoms in total. The van der Waals surface area contributed by atoms with Crippen molar-refractivity contribution in [3.63, 3.8) is 0 Å². The van der Waals surface area contributed by atoms with Gasteiger partial charge < -0.3 is 10.6 Å². The van der Waals surface area contributed by atoms with Crippen LogP contribution in [0.4, 0.5) is 0 Å². The van der Waals surface area contributed by atoms with Crippen molar-refractivity contribution in [1.82, 2.24) is 10.6 Å². The van der Waals surface area contributed by atoms with E-state index in [0.29, 0.717) is 25.9 Å². The van der Waals surface area contributed by atoms with Crippen molar-refractivity contribution in [2.75, 3.05) is 13.1 Å². The molecule has 0 fully saturated rings. The van der Waals surface area contributed by atoms with Crippen LogP contribution in [0, 0.1) is 0 Å². The van der Waals surface area contributed by atoms with E-state index in [1.54, 1.807) is 0 Å². The zero-order chi connectivity index (χ0) is 27.1. The van der Waals surface area contributed by atoms with E-state index in [0.717, 1.165) is 19.3 Å². The van der Waals surface area contributed by atoms with E-state index in [9.17, 15) is 9.59 Å². The molecule has 220 valence electrons. The third-order valence-corrected chi connectivity index (χ3v) is 7.51. The monoisotopic (exact) mass is 523 g/mol. The summed E-state index contributed by atoms with van der Waals surface area (Å²) in [5.74, 6) is 0.324. The smallest absolute Gasteiger partial charge is 0.219 e. The zero-order valence-corrected chi connectivity index (χ0v) is 25.3. The molecule has 0 heterocycles. The topological polar surface area (TPSA) is 58.2 Å². The molecule has 0 aromatic carbocycles. The molecule has 0 saturated carbocycles. The Morgan fingerprint density at radius 3 is 0.865 bits per heavy atom. The van der Waals surface area contributed by atoms with E-state index in [4.69, 9.17) is 0 Å². The van der Waals surface area contributed by atoms with E-state index in [1.807, 2.05) is 0 Å². The molecule has 0 aliphatic rings. The molecule has 0 aromatic rings. The second kappa shape index (κ2) is 31.2. The first-order valence-electron chi connectivity index (χ1n) is 16.7. The normalized spacial score (nSPS) is 11.1. The first-order valence-corrected chi connectivity index (χ1v) is 16.7. The Morgan fingerprint density at radius 1 is 0.351 bits per heavy atom. The van der Waals surface area contributed by atoms with E-state index in [1.165, 1.54) is 141 Å². The molecule has 2 amide bonds. The van der Waals surface area contributed by atoms with Crippen molar-refractivity contribution >= 4 is 11.8 Å². The Labute approximate surface area is 232 Å². The second-order valence-electron chi connectivity index (χ2n) is 11.3. The quantitative estimate of drug-likeness (QED) is 0.0922. The van der Waals surface area contributed by atoms with Gasteiger partial charge >= 0.3 is 0 Å². The molecule has 0 spiro atoms. The van der Waals surface area contributed by atoms with Gasteiger partial charge in [0.2, 0.25) is 11.8 Å². The Balaban J connectivity index is 3.27. The van der Waals surface area contributed by atoms with Gasteiger partial charge in [-0.2, -0.15) is 0 Å². The number of carbonyl (C=O) groups excluding carboxylic acids is 2. The number of unbranched alkanes of at least 4 members (excludes halogenated alkanes) is 22. The SMILES string of the molecule is CCCCCCCCCCCCCCC(=O)NCCCNC(=O)CCCCCCCCCCCCCC. The number of hydrogen-bond donors (Lipinski definition) is 2. The van der Waals surface area contributed by atoms with Gasteiger partial charge in [0, 0.05) is 25.9 Å². The fraction of sp³-hybridized carbons (Fsp3) is 0.939. The van der Waals surface area contributed by atoms with Crippen molar-refractivity contribution < 1.29 is 9.59 Å². The minimum Gasteiger partial charge on any atom is -0.356 e. The minimum atomic E-state index is 0.162. The fourth-order valence-electron chi connectivity index (χ4n) is 4.97. The lowest BCUT2D eigenvalue weighted by atomic mass is 10.0. The van der Waals surface area contributed by atoms with Gasteiger partial charge in [-0.1, -0.05) is 155 Å². The van der Waals surface area contributed by atoms with Gasteiger partial charge in [0.15, 0.2) is 0 Å². The van der Waals surface area contributed by atoms with Crippen LogP contribution in [0.2, 0.25) is 0 Å². The highest BCUT2D eigenvalue weighted by Crippen LogP contribution is 2.13. The summed E-state index contributed by atoms with van der Waals surface area (Å²) in [5.41, 5.74) is 0. The molecular formula is C33H66N2O2. The van der Waals surface area contributed by atoms with Gasteiger partial charge in [-0.3, -0.25) is 9.59 Å². The van der Waals surface area contributed by atoms with Crippen LogP contribution in [0.25, 0.3) is 0 Å². The molecule has 0 radical (unpaired) electrons. The number of amides is 2. The summed E-state index contributed by atoms with van der Waals surface area (Å²) in [6.45, 7) is 5.87. The van der Waals surface area contributed by atoms with Crippen LogP contribution < -0.4 is 10.6 Å². The Bertz CT molecular complexity index is 439. The standard InChI is InChI=1S/C33H66N2O2/c1-3-5-7-9-11-13-15-17-19-21-23-25-28-32(36)34-30-27-31-35-33(37)29-26-24-22-20-18-16-14-12-10-8-6-4-2/h3-31H2,1-2H3,(H,34,36)(H,35,37). The summed E-state index contributed by atoms with van der Waals surface area (Å²) in [7, 11) is 0. The van der Waals surface area contributed by atoms with Crippen molar-refractivity contribution in [2.45, 2.75) is 187 Å². The van der Waals surface area contributed by atoms with E-state index in [-0.39, 0.29) is 11.8 Å². The summed E-state index contributed by atoms with van der Waals surface area (Å²) in [6, 6.07) is 0. The highest BCUT2D eigenvalue weighted by atomic mass is 16.2. The highest BCUT2D eigenvalue weighted by molar-refractivity contribution is 5.76. The zero-order valence-electron chi connectivity index (χ0n) is 25.3. The predicted octanol–water partition coefficient (Wildman–Crippen LogP) is 9.79. The molecule has 4 heteroatoms. The van der Waals surface area contributed by atoms with E-state index in [2.05, 4.69) is 24.5 Å². The van der Waals surface area contributed by atoms with Crippen LogP contribution in [-0.4, -0.2) is 24.9 Å². The van der Waals surface area contributed by atoms with Crippen LogP contribution >= 0.6 is 0 Å². The molecule has 37 heavy (non-hydrogen) atoms. The van der Waals surface area contributed by atoms with Crippen LogP contribution in [0.15, 0.2) is 0 Å². The number of nitrogens with one attached hydrogen (secondary N) is 2. The van der Waals surface area contributed by atoms with Crippen LogP contribution in [-0.2, 0) is 9.59 Å². The summed E-state index contributed by atoms with van der Waals surface area (Å²) >= 11 is 0. The van der Waals surface area contributed by atoms with Gasteiger partial charge in [0.25, 0.3) is 0 Å². The Morgan fingerprint density at radius 2 is 0.595 bits per heavy atom. The van der Waals surface area contributed by atoms with E-state index >= 15 is 0 Å². The average molecular weight is 523 g/mol. The lowest BCUT2D eigenvalue weighted by Crippen LogP contribution is -2.29. The third kappa shape index (κ3) is 31.1. The van der Waals surface area contributed by atoms with Crippen molar-refractivity contribution in [2.24, 2.45) is 0 Å². The molecule has 2 N–H and O–H groups in total. The third-order valence-electron chi connectivity index (χ3n) is 7.51. The summed E-state index contributed by atoms with van der Waals surface area (Å²) in [5, 5.41) is 6.00. The van der Waals surface area contributed by atoms with Gasteiger partial charge in [0.05, 0.1) is 0 Å². The van der Waals surface area contributed by atoms with Gasteiger partial charge in [-0.15, -0.1) is 0 Å². The molecule has 0 bridgehead atoms. The fourth-order valence-corrected chi connectivity index (χ4v) is 4.97. The van der Waals surface area contributed by atoms with Crippen molar-refractivity contribution in [3.05, 3.63) is 0 Å².